The van der Waals surface area contributed by atoms with Crippen LogP contribution in [-0.4, -0.2) is 40.6 Å². The normalized spacial score (nSPS) is 12.5. The first-order valence-electron chi connectivity index (χ1n) is 12.0. The maximum atomic E-state index is 13.5. The van der Waals surface area contributed by atoms with Gasteiger partial charge in [0.2, 0.25) is 5.91 Å². The second-order valence-corrected chi connectivity index (χ2v) is 8.82. The van der Waals surface area contributed by atoms with Crippen LogP contribution in [0.25, 0.3) is 17.0 Å². The Kier molecular flexibility index (Phi) is 9.16. The molecule has 1 heterocycles. The highest BCUT2D eigenvalue weighted by atomic mass is 16.5. The highest BCUT2D eigenvalue weighted by Gasteiger charge is 2.27. The van der Waals surface area contributed by atoms with E-state index in [0.29, 0.717) is 48.8 Å². The third kappa shape index (κ3) is 6.20. The molecule has 0 aliphatic rings. The Bertz CT molecular complexity index is 1170. The molecule has 3 rings (SSSR count). The average Bonchev–Trinajstić information content (AvgIpc) is 2.85. The third-order valence-electron chi connectivity index (χ3n) is 5.92. The summed E-state index contributed by atoms with van der Waals surface area (Å²) >= 11 is 0. The van der Waals surface area contributed by atoms with Gasteiger partial charge in [-0.25, -0.2) is 4.98 Å². The van der Waals surface area contributed by atoms with Gasteiger partial charge in [0.1, 0.15) is 5.82 Å². The molecule has 0 bridgehead atoms. The van der Waals surface area contributed by atoms with Crippen molar-refractivity contribution in [1.82, 2.24) is 14.5 Å². The summed E-state index contributed by atoms with van der Waals surface area (Å²) < 4.78 is 6.95. The minimum atomic E-state index is -0.333. The van der Waals surface area contributed by atoms with Crippen LogP contribution in [-0.2, 0) is 16.1 Å². The monoisotopic (exact) mass is 461 g/mol. The van der Waals surface area contributed by atoms with Gasteiger partial charge in [0.25, 0.3) is 5.56 Å². The Morgan fingerprint density at radius 3 is 2.50 bits per heavy atom. The summed E-state index contributed by atoms with van der Waals surface area (Å²) in [4.78, 5) is 33.6. The third-order valence-corrected chi connectivity index (χ3v) is 5.92. The number of hydrogen-bond acceptors (Lipinski definition) is 4. The van der Waals surface area contributed by atoms with Crippen LogP contribution in [0.4, 0.5) is 0 Å². The zero-order valence-electron chi connectivity index (χ0n) is 20.6. The first kappa shape index (κ1) is 25.4. The van der Waals surface area contributed by atoms with E-state index in [1.165, 1.54) is 0 Å². The van der Waals surface area contributed by atoms with Crippen LogP contribution in [0.5, 0.6) is 0 Å². The summed E-state index contributed by atoms with van der Waals surface area (Å²) in [7, 11) is 1.61. The zero-order valence-corrected chi connectivity index (χ0v) is 20.6. The van der Waals surface area contributed by atoms with Crippen molar-refractivity contribution in [2.75, 3.05) is 20.3 Å². The molecule has 1 aromatic heterocycles. The lowest BCUT2D eigenvalue weighted by Crippen LogP contribution is -2.39. The Morgan fingerprint density at radius 2 is 1.82 bits per heavy atom. The van der Waals surface area contributed by atoms with E-state index in [-0.39, 0.29) is 17.5 Å². The average molecular weight is 462 g/mol. The smallest absolute Gasteiger partial charge is 0.261 e. The Hall–Kier alpha value is -3.25. The minimum Gasteiger partial charge on any atom is -0.383 e. The van der Waals surface area contributed by atoms with Gasteiger partial charge in [0, 0.05) is 19.7 Å². The van der Waals surface area contributed by atoms with Crippen molar-refractivity contribution in [2.24, 2.45) is 5.92 Å². The fourth-order valence-electron chi connectivity index (χ4n) is 4.02. The summed E-state index contributed by atoms with van der Waals surface area (Å²) in [5, 5.41) is 0.571. The van der Waals surface area contributed by atoms with Crippen LogP contribution in [0, 0.1) is 5.92 Å². The van der Waals surface area contributed by atoms with Gasteiger partial charge < -0.3 is 9.64 Å². The fourth-order valence-corrected chi connectivity index (χ4v) is 4.02. The number of nitrogens with zero attached hydrogens (tertiary/aromatic N) is 3. The van der Waals surface area contributed by atoms with Crippen LogP contribution in [0.3, 0.4) is 0 Å². The van der Waals surface area contributed by atoms with Gasteiger partial charge in [0.15, 0.2) is 0 Å². The molecule has 0 saturated heterocycles. The number of para-hydroxylation sites is 1. The van der Waals surface area contributed by atoms with Gasteiger partial charge in [-0.3, -0.25) is 14.2 Å². The SMILES string of the molecule is CCC(c1nc2ccccc2c(=O)n1CCOC)N(CCC(C)C)C(=O)/C=C/c1ccccc1. The molecule has 34 heavy (non-hydrogen) atoms. The van der Waals surface area contributed by atoms with E-state index in [1.807, 2.05) is 66.4 Å². The number of hydrogen-bond donors (Lipinski definition) is 0. The minimum absolute atomic E-state index is 0.0861. The molecule has 1 atom stereocenters. The molecule has 2 aromatic carbocycles. The summed E-state index contributed by atoms with van der Waals surface area (Å²) in [6.07, 6.45) is 4.96. The molecule has 0 aliphatic carbocycles. The standard InChI is InChI=1S/C28H35N3O3/c1-5-25(27-29-24-14-10-9-13-23(24)28(33)31(27)19-20-34-4)30(18-17-21(2)3)26(32)16-15-22-11-7-6-8-12-22/h6-16,21,25H,5,17-20H2,1-4H3/b16-15+. The molecular weight excluding hydrogens is 426 g/mol. The van der Waals surface area contributed by atoms with Crippen molar-refractivity contribution in [2.45, 2.75) is 46.2 Å². The van der Waals surface area contributed by atoms with Crippen molar-refractivity contribution < 1.29 is 9.53 Å². The number of rotatable bonds is 11. The van der Waals surface area contributed by atoms with Crippen molar-refractivity contribution >= 4 is 22.9 Å². The summed E-state index contributed by atoms with van der Waals surface area (Å²) in [6, 6.07) is 16.8. The molecule has 0 N–H and O–H groups in total. The van der Waals surface area contributed by atoms with Crippen molar-refractivity contribution in [1.29, 1.82) is 0 Å². The number of carbonyl (C=O) groups excluding carboxylic acids is 1. The van der Waals surface area contributed by atoms with Gasteiger partial charge in [-0.1, -0.05) is 63.2 Å². The van der Waals surface area contributed by atoms with Crippen LogP contribution < -0.4 is 5.56 Å². The van der Waals surface area contributed by atoms with Crippen LogP contribution >= 0.6 is 0 Å². The first-order valence-corrected chi connectivity index (χ1v) is 12.0. The number of benzene rings is 2. The Labute approximate surface area is 201 Å². The number of ether oxygens (including phenoxy) is 1. The second-order valence-electron chi connectivity index (χ2n) is 8.82. The molecule has 0 aliphatic heterocycles. The molecule has 0 fully saturated rings. The molecule has 0 radical (unpaired) electrons. The summed E-state index contributed by atoms with van der Waals surface area (Å²) in [6.45, 7) is 7.67. The van der Waals surface area contributed by atoms with Gasteiger partial charge in [0.05, 0.1) is 30.1 Å². The quantitative estimate of drug-likeness (QED) is 0.374. The van der Waals surface area contributed by atoms with Gasteiger partial charge in [-0.05, 0) is 42.5 Å². The number of carbonyl (C=O) groups is 1. The molecule has 1 amide bonds. The zero-order chi connectivity index (χ0) is 24.5. The molecular formula is C28H35N3O3. The van der Waals surface area contributed by atoms with E-state index in [4.69, 9.17) is 9.72 Å². The first-order chi connectivity index (χ1) is 16.5. The lowest BCUT2D eigenvalue weighted by atomic mass is 10.1. The van der Waals surface area contributed by atoms with E-state index >= 15 is 0 Å². The van der Waals surface area contributed by atoms with E-state index in [0.717, 1.165) is 12.0 Å². The van der Waals surface area contributed by atoms with Crippen LogP contribution in [0.15, 0.2) is 65.5 Å². The van der Waals surface area contributed by atoms with Gasteiger partial charge >= 0.3 is 0 Å². The van der Waals surface area contributed by atoms with Gasteiger partial charge in [-0.15, -0.1) is 0 Å². The molecule has 0 saturated carbocycles. The summed E-state index contributed by atoms with van der Waals surface area (Å²) in [5.74, 6) is 0.955. The molecule has 6 nitrogen and oxygen atoms in total. The molecule has 0 spiro atoms. The van der Waals surface area contributed by atoms with Crippen molar-refractivity contribution in [3.63, 3.8) is 0 Å². The maximum absolute atomic E-state index is 13.5. The highest BCUT2D eigenvalue weighted by Crippen LogP contribution is 2.25. The van der Waals surface area contributed by atoms with E-state index in [1.54, 1.807) is 23.8 Å². The van der Waals surface area contributed by atoms with E-state index in [9.17, 15) is 9.59 Å². The number of fused-ring (bicyclic) bond motifs is 1. The largest absolute Gasteiger partial charge is 0.383 e. The number of aromatic nitrogens is 2. The number of methoxy groups -OCH3 is 1. The van der Waals surface area contributed by atoms with Crippen LogP contribution in [0.2, 0.25) is 0 Å². The summed E-state index contributed by atoms with van der Waals surface area (Å²) in [5.41, 5.74) is 1.51. The van der Waals surface area contributed by atoms with E-state index in [2.05, 4.69) is 13.8 Å². The topological polar surface area (TPSA) is 64.4 Å². The highest BCUT2D eigenvalue weighted by molar-refractivity contribution is 5.92. The van der Waals surface area contributed by atoms with Crippen molar-refractivity contribution in [3.05, 3.63) is 82.4 Å². The Balaban J connectivity index is 2.07. The predicted octanol–water partition coefficient (Wildman–Crippen LogP) is 5.08. The second kappa shape index (κ2) is 12.3. The van der Waals surface area contributed by atoms with Crippen molar-refractivity contribution in [3.8, 4) is 0 Å². The lowest BCUT2D eigenvalue weighted by Gasteiger charge is -2.32. The Morgan fingerprint density at radius 1 is 1.12 bits per heavy atom. The molecule has 180 valence electrons. The predicted molar refractivity (Wildman–Crippen MR) is 138 cm³/mol. The maximum Gasteiger partial charge on any atom is 0.261 e. The molecule has 6 heteroatoms. The fraction of sp³-hybridized carbons (Fsp3) is 0.393. The van der Waals surface area contributed by atoms with E-state index < -0.39 is 0 Å². The van der Waals surface area contributed by atoms with Gasteiger partial charge in [-0.2, -0.15) is 0 Å². The molecule has 3 aromatic rings. The number of amides is 1. The molecule has 1 unspecified atom stereocenters. The van der Waals surface area contributed by atoms with Crippen LogP contribution in [0.1, 0.15) is 51.0 Å². The lowest BCUT2D eigenvalue weighted by molar-refractivity contribution is -0.128.